The Morgan fingerprint density at radius 1 is 1.27 bits per heavy atom. The quantitative estimate of drug-likeness (QED) is 0.581. The van der Waals surface area contributed by atoms with Crippen molar-refractivity contribution < 1.29 is 9.84 Å². The molecule has 2 fully saturated rings. The molecule has 2 heteroatoms. The van der Waals surface area contributed by atoms with Gasteiger partial charge in [-0.25, -0.2) is 0 Å². The molecular weight excluding hydrogens is 140 g/mol. The van der Waals surface area contributed by atoms with E-state index in [0.29, 0.717) is 6.61 Å². The Labute approximate surface area is 68.6 Å². The highest BCUT2D eigenvalue weighted by Crippen LogP contribution is 2.46. The standard InChI is InChI=1S/C7H12O2.C2H6/c8-6-1-2-7(3-4-7)9-5-6;1-2/h6,8H,1-5H2;1-2H3. The highest BCUT2D eigenvalue weighted by atomic mass is 16.5. The summed E-state index contributed by atoms with van der Waals surface area (Å²) < 4.78 is 5.44. The Balaban J connectivity index is 0.000000281. The van der Waals surface area contributed by atoms with E-state index in [1.165, 1.54) is 12.8 Å². The van der Waals surface area contributed by atoms with Crippen molar-refractivity contribution in [1.82, 2.24) is 0 Å². The molecule has 2 rings (SSSR count). The molecule has 1 atom stereocenters. The van der Waals surface area contributed by atoms with Gasteiger partial charge in [-0.05, 0) is 25.7 Å². The van der Waals surface area contributed by atoms with Crippen molar-refractivity contribution in [3.05, 3.63) is 0 Å². The van der Waals surface area contributed by atoms with Gasteiger partial charge in [-0.2, -0.15) is 0 Å². The lowest BCUT2D eigenvalue weighted by molar-refractivity contribution is -0.0698. The van der Waals surface area contributed by atoms with Gasteiger partial charge < -0.3 is 9.84 Å². The molecule has 1 spiro atoms. The van der Waals surface area contributed by atoms with Crippen LogP contribution in [-0.2, 0) is 4.74 Å². The lowest BCUT2D eigenvalue weighted by Gasteiger charge is -2.25. The molecule has 1 N–H and O–H groups in total. The molecule has 66 valence electrons. The van der Waals surface area contributed by atoms with Crippen molar-refractivity contribution in [3.8, 4) is 0 Å². The zero-order valence-corrected chi connectivity index (χ0v) is 7.47. The fourth-order valence-electron chi connectivity index (χ4n) is 1.39. The average molecular weight is 158 g/mol. The lowest BCUT2D eigenvalue weighted by Crippen LogP contribution is -2.30. The zero-order chi connectivity index (χ0) is 8.32. The van der Waals surface area contributed by atoms with E-state index < -0.39 is 0 Å². The van der Waals surface area contributed by atoms with Crippen LogP contribution in [0.5, 0.6) is 0 Å². The second-order valence-corrected chi connectivity index (χ2v) is 3.19. The van der Waals surface area contributed by atoms with Crippen LogP contribution >= 0.6 is 0 Å². The summed E-state index contributed by atoms with van der Waals surface area (Å²) in [5, 5.41) is 9.04. The third kappa shape index (κ3) is 2.17. The van der Waals surface area contributed by atoms with Crippen LogP contribution in [0.3, 0.4) is 0 Å². The van der Waals surface area contributed by atoms with Gasteiger partial charge in [0.1, 0.15) is 0 Å². The average Bonchev–Trinajstić information content (AvgIpc) is 2.81. The van der Waals surface area contributed by atoms with Crippen LogP contribution in [-0.4, -0.2) is 23.4 Å². The van der Waals surface area contributed by atoms with E-state index in [2.05, 4.69) is 0 Å². The van der Waals surface area contributed by atoms with E-state index in [-0.39, 0.29) is 11.7 Å². The van der Waals surface area contributed by atoms with E-state index >= 15 is 0 Å². The summed E-state index contributed by atoms with van der Waals surface area (Å²) >= 11 is 0. The third-order valence-electron chi connectivity index (χ3n) is 2.32. The van der Waals surface area contributed by atoms with Crippen LogP contribution in [0.25, 0.3) is 0 Å². The summed E-state index contributed by atoms with van der Waals surface area (Å²) in [5.74, 6) is 0. The summed E-state index contributed by atoms with van der Waals surface area (Å²) in [6, 6.07) is 0. The van der Waals surface area contributed by atoms with Gasteiger partial charge in [0.15, 0.2) is 0 Å². The molecule has 1 saturated heterocycles. The van der Waals surface area contributed by atoms with Gasteiger partial charge in [0, 0.05) is 0 Å². The zero-order valence-electron chi connectivity index (χ0n) is 7.47. The molecule has 1 aliphatic heterocycles. The fourth-order valence-corrected chi connectivity index (χ4v) is 1.39. The van der Waals surface area contributed by atoms with Crippen LogP contribution in [0.2, 0.25) is 0 Å². The number of rotatable bonds is 0. The van der Waals surface area contributed by atoms with E-state index in [1.807, 2.05) is 13.8 Å². The van der Waals surface area contributed by atoms with Gasteiger partial charge in [0.05, 0.1) is 18.3 Å². The molecule has 1 heterocycles. The SMILES string of the molecule is CC.OC1CCC2(CC2)OC1. The Hall–Kier alpha value is -0.0800. The molecule has 0 bridgehead atoms. The van der Waals surface area contributed by atoms with Gasteiger partial charge in [-0.3, -0.25) is 0 Å². The molecule has 1 unspecified atom stereocenters. The molecule has 2 aliphatic rings. The molecule has 0 aromatic carbocycles. The van der Waals surface area contributed by atoms with E-state index in [4.69, 9.17) is 9.84 Å². The summed E-state index contributed by atoms with van der Waals surface area (Å²) in [6.07, 6.45) is 4.28. The van der Waals surface area contributed by atoms with Crippen LogP contribution in [0.1, 0.15) is 39.5 Å². The normalized spacial score (nSPS) is 32.5. The Bertz CT molecular complexity index is 109. The smallest absolute Gasteiger partial charge is 0.0775 e. The minimum atomic E-state index is -0.184. The molecule has 1 aliphatic carbocycles. The van der Waals surface area contributed by atoms with Crippen molar-refractivity contribution in [2.75, 3.05) is 6.61 Å². The summed E-state index contributed by atoms with van der Waals surface area (Å²) in [5.41, 5.74) is 0.249. The van der Waals surface area contributed by atoms with Crippen LogP contribution < -0.4 is 0 Å². The minimum Gasteiger partial charge on any atom is -0.391 e. The molecule has 11 heavy (non-hydrogen) atoms. The maximum atomic E-state index is 9.04. The van der Waals surface area contributed by atoms with Crippen molar-refractivity contribution in [2.45, 2.75) is 51.2 Å². The van der Waals surface area contributed by atoms with Crippen LogP contribution in [0.4, 0.5) is 0 Å². The lowest BCUT2D eigenvalue weighted by atomic mass is 10.1. The fraction of sp³-hybridized carbons (Fsp3) is 1.00. The van der Waals surface area contributed by atoms with Gasteiger partial charge in [0.25, 0.3) is 0 Å². The first kappa shape index (κ1) is 9.01. The van der Waals surface area contributed by atoms with Crippen molar-refractivity contribution in [2.24, 2.45) is 0 Å². The van der Waals surface area contributed by atoms with E-state index in [0.717, 1.165) is 12.8 Å². The molecule has 0 radical (unpaired) electrons. The summed E-state index contributed by atoms with van der Waals surface area (Å²) in [4.78, 5) is 0. The van der Waals surface area contributed by atoms with E-state index in [9.17, 15) is 0 Å². The first-order valence-electron chi connectivity index (χ1n) is 4.63. The van der Waals surface area contributed by atoms with Gasteiger partial charge >= 0.3 is 0 Å². The highest BCUT2D eigenvalue weighted by molar-refractivity contribution is 4.98. The minimum absolute atomic E-state index is 0.184. The molecule has 0 amide bonds. The summed E-state index contributed by atoms with van der Waals surface area (Å²) in [7, 11) is 0. The van der Waals surface area contributed by atoms with Gasteiger partial charge in [0.2, 0.25) is 0 Å². The maximum Gasteiger partial charge on any atom is 0.0775 e. The first-order chi connectivity index (χ1) is 5.31. The monoisotopic (exact) mass is 158 g/mol. The number of aliphatic hydroxyl groups excluding tert-OH is 1. The highest BCUT2D eigenvalue weighted by Gasteiger charge is 2.46. The van der Waals surface area contributed by atoms with Crippen molar-refractivity contribution in [1.29, 1.82) is 0 Å². The van der Waals surface area contributed by atoms with Gasteiger partial charge in [-0.1, -0.05) is 13.8 Å². The topological polar surface area (TPSA) is 29.5 Å². The Kier molecular flexibility index (Phi) is 2.90. The predicted octanol–water partition coefficient (Wildman–Crippen LogP) is 1.72. The van der Waals surface area contributed by atoms with Gasteiger partial charge in [-0.15, -0.1) is 0 Å². The van der Waals surface area contributed by atoms with Crippen molar-refractivity contribution >= 4 is 0 Å². The molecule has 2 nitrogen and oxygen atoms in total. The second-order valence-electron chi connectivity index (χ2n) is 3.19. The number of hydrogen-bond acceptors (Lipinski definition) is 2. The van der Waals surface area contributed by atoms with Crippen molar-refractivity contribution in [3.63, 3.8) is 0 Å². The molecule has 0 aromatic heterocycles. The Morgan fingerprint density at radius 3 is 2.27 bits per heavy atom. The van der Waals surface area contributed by atoms with Crippen LogP contribution in [0, 0.1) is 0 Å². The molecule has 1 saturated carbocycles. The number of hydrogen-bond donors (Lipinski definition) is 1. The third-order valence-corrected chi connectivity index (χ3v) is 2.32. The maximum absolute atomic E-state index is 9.04. The number of ether oxygens (including phenoxy) is 1. The largest absolute Gasteiger partial charge is 0.391 e. The Morgan fingerprint density at radius 2 is 1.91 bits per heavy atom. The second kappa shape index (κ2) is 3.55. The summed E-state index contributed by atoms with van der Waals surface area (Å²) in [6.45, 7) is 4.57. The molecular formula is C9H18O2. The molecule has 0 aromatic rings. The van der Waals surface area contributed by atoms with E-state index in [1.54, 1.807) is 0 Å². The predicted molar refractivity (Wildman–Crippen MR) is 44.5 cm³/mol. The van der Waals surface area contributed by atoms with Crippen LogP contribution in [0.15, 0.2) is 0 Å². The first-order valence-corrected chi connectivity index (χ1v) is 4.63. The number of aliphatic hydroxyl groups is 1.